The zero-order chi connectivity index (χ0) is 23.2. The lowest BCUT2D eigenvalue weighted by Gasteiger charge is -2.11. The van der Waals surface area contributed by atoms with Crippen molar-refractivity contribution >= 4 is 11.8 Å². The molecule has 0 aliphatic carbocycles. The number of thioether (sulfide) groups is 1. The van der Waals surface area contributed by atoms with Gasteiger partial charge >= 0.3 is 0 Å². The minimum absolute atomic E-state index is 0.619. The Morgan fingerprint density at radius 3 is 2.35 bits per heavy atom. The van der Waals surface area contributed by atoms with Gasteiger partial charge in [-0.2, -0.15) is 0 Å². The topological polar surface area (TPSA) is 66.0 Å². The van der Waals surface area contributed by atoms with Crippen LogP contribution in [0.1, 0.15) is 24.0 Å². The number of hydrogen-bond donors (Lipinski definition) is 0. The zero-order valence-corrected chi connectivity index (χ0v) is 19.6. The van der Waals surface area contributed by atoms with Crippen molar-refractivity contribution in [2.45, 2.75) is 24.3 Å². The Balaban J connectivity index is 1.40. The van der Waals surface area contributed by atoms with Gasteiger partial charge in [0.15, 0.2) is 5.16 Å². The summed E-state index contributed by atoms with van der Waals surface area (Å²) >= 11 is 1.58. The summed E-state index contributed by atoms with van der Waals surface area (Å²) in [6.45, 7) is 2.61. The minimum atomic E-state index is 0.619. The largest absolute Gasteiger partial charge is 0.494 e. The molecular formula is C27H24N4O2S. The van der Waals surface area contributed by atoms with E-state index in [4.69, 9.17) is 9.15 Å². The van der Waals surface area contributed by atoms with E-state index in [-0.39, 0.29) is 0 Å². The molecule has 3 aromatic carbocycles. The van der Waals surface area contributed by atoms with Crippen molar-refractivity contribution in [2.24, 2.45) is 0 Å². The SMILES string of the molecule is CCOc1ccc(-n2c(Cc3ccccc3)nnc2SCc2coc(-c3ccccc3)n2)cc1. The van der Waals surface area contributed by atoms with Crippen LogP contribution in [0.25, 0.3) is 17.1 Å². The summed E-state index contributed by atoms with van der Waals surface area (Å²) in [5, 5.41) is 9.85. The fourth-order valence-electron chi connectivity index (χ4n) is 3.63. The second-order valence-electron chi connectivity index (χ2n) is 7.62. The maximum Gasteiger partial charge on any atom is 0.226 e. The Kier molecular flexibility index (Phi) is 6.72. The molecule has 0 aliphatic heterocycles. The van der Waals surface area contributed by atoms with Crippen LogP contribution in [0.4, 0.5) is 0 Å². The summed E-state index contributed by atoms with van der Waals surface area (Å²) in [7, 11) is 0. The van der Waals surface area contributed by atoms with Crippen molar-refractivity contribution in [1.82, 2.24) is 19.7 Å². The van der Waals surface area contributed by atoms with E-state index in [2.05, 4.69) is 31.9 Å². The second kappa shape index (κ2) is 10.4. The first-order valence-electron chi connectivity index (χ1n) is 11.1. The number of benzene rings is 3. The lowest BCUT2D eigenvalue weighted by atomic mass is 10.1. The summed E-state index contributed by atoms with van der Waals surface area (Å²) in [6.07, 6.45) is 2.39. The van der Waals surface area contributed by atoms with Gasteiger partial charge in [0, 0.05) is 23.4 Å². The standard InChI is InChI=1S/C27H24N4O2S/c1-2-32-24-15-13-23(14-16-24)31-25(17-20-9-5-3-6-10-20)29-30-27(31)34-19-22-18-33-26(28-22)21-11-7-4-8-12-21/h3-16,18H,2,17,19H2,1H3. The molecule has 0 fully saturated rings. The minimum Gasteiger partial charge on any atom is -0.494 e. The Bertz CT molecular complexity index is 1330. The number of oxazole rings is 1. The summed E-state index contributed by atoms with van der Waals surface area (Å²) in [5.74, 6) is 2.96. The molecule has 0 amide bonds. The molecule has 7 heteroatoms. The van der Waals surface area contributed by atoms with E-state index in [1.807, 2.05) is 79.7 Å². The van der Waals surface area contributed by atoms with Crippen LogP contribution >= 0.6 is 11.8 Å². The molecule has 0 spiro atoms. The highest BCUT2D eigenvalue weighted by Crippen LogP contribution is 2.28. The fourth-order valence-corrected chi connectivity index (χ4v) is 4.48. The molecule has 170 valence electrons. The molecule has 0 unspecified atom stereocenters. The molecule has 5 rings (SSSR count). The van der Waals surface area contributed by atoms with Crippen LogP contribution in [0.3, 0.4) is 0 Å². The van der Waals surface area contributed by atoms with Crippen molar-refractivity contribution < 1.29 is 9.15 Å². The van der Waals surface area contributed by atoms with E-state index in [9.17, 15) is 0 Å². The average molecular weight is 469 g/mol. The van der Waals surface area contributed by atoms with E-state index >= 15 is 0 Å². The van der Waals surface area contributed by atoms with E-state index in [0.29, 0.717) is 24.7 Å². The maximum atomic E-state index is 5.69. The molecule has 2 heterocycles. The quantitative estimate of drug-likeness (QED) is 0.240. The van der Waals surface area contributed by atoms with Crippen molar-refractivity contribution in [3.63, 3.8) is 0 Å². The molecule has 6 nitrogen and oxygen atoms in total. The first-order valence-corrected chi connectivity index (χ1v) is 12.1. The van der Waals surface area contributed by atoms with Gasteiger partial charge in [-0.1, -0.05) is 60.3 Å². The van der Waals surface area contributed by atoms with Crippen LogP contribution in [0.15, 0.2) is 101 Å². The van der Waals surface area contributed by atoms with Crippen molar-refractivity contribution in [3.05, 3.63) is 108 Å². The Morgan fingerprint density at radius 1 is 0.882 bits per heavy atom. The molecule has 0 N–H and O–H groups in total. The summed E-state index contributed by atoms with van der Waals surface area (Å²) in [5.41, 5.74) is 3.99. The lowest BCUT2D eigenvalue weighted by molar-refractivity contribution is 0.340. The molecule has 0 bridgehead atoms. The monoisotopic (exact) mass is 468 g/mol. The highest BCUT2D eigenvalue weighted by atomic mass is 32.2. The third-order valence-corrected chi connectivity index (χ3v) is 6.20. The van der Waals surface area contributed by atoms with Crippen molar-refractivity contribution in [3.8, 4) is 22.9 Å². The highest BCUT2D eigenvalue weighted by molar-refractivity contribution is 7.98. The second-order valence-corrected chi connectivity index (χ2v) is 8.56. The van der Waals surface area contributed by atoms with E-state index < -0.39 is 0 Å². The van der Waals surface area contributed by atoms with Crippen LogP contribution < -0.4 is 4.74 Å². The maximum absolute atomic E-state index is 5.69. The van der Waals surface area contributed by atoms with E-state index in [1.165, 1.54) is 5.56 Å². The number of hydrogen-bond acceptors (Lipinski definition) is 6. The molecule has 0 aliphatic rings. The normalized spacial score (nSPS) is 11.0. The Labute approximate surface area is 202 Å². The van der Waals surface area contributed by atoms with Crippen LogP contribution in [0, 0.1) is 0 Å². The number of nitrogens with zero attached hydrogens (tertiary/aromatic N) is 4. The van der Waals surface area contributed by atoms with E-state index in [1.54, 1.807) is 18.0 Å². The summed E-state index contributed by atoms with van der Waals surface area (Å²) < 4.78 is 13.4. The van der Waals surface area contributed by atoms with Crippen LogP contribution in [-0.2, 0) is 12.2 Å². The van der Waals surface area contributed by atoms with Gasteiger partial charge < -0.3 is 9.15 Å². The first-order chi connectivity index (χ1) is 16.8. The van der Waals surface area contributed by atoms with Gasteiger partial charge in [-0.05, 0) is 48.9 Å². The van der Waals surface area contributed by atoms with Crippen molar-refractivity contribution in [1.29, 1.82) is 0 Å². The van der Waals surface area contributed by atoms with Crippen molar-refractivity contribution in [2.75, 3.05) is 6.61 Å². The van der Waals surface area contributed by atoms with Gasteiger partial charge in [-0.25, -0.2) is 4.98 Å². The molecule has 0 saturated heterocycles. The molecule has 0 atom stereocenters. The lowest BCUT2D eigenvalue weighted by Crippen LogP contribution is -2.04. The van der Waals surface area contributed by atoms with Gasteiger partial charge in [-0.15, -0.1) is 10.2 Å². The van der Waals surface area contributed by atoms with Gasteiger partial charge in [0.1, 0.15) is 17.8 Å². The van der Waals surface area contributed by atoms with E-state index in [0.717, 1.165) is 33.7 Å². The molecule has 2 aromatic heterocycles. The predicted octanol–water partition coefficient (Wildman–Crippen LogP) is 6.20. The average Bonchev–Trinajstić information content (AvgIpc) is 3.52. The van der Waals surface area contributed by atoms with Gasteiger partial charge in [-0.3, -0.25) is 4.57 Å². The third-order valence-electron chi connectivity index (χ3n) is 5.23. The molecular weight excluding hydrogens is 444 g/mol. The van der Waals surface area contributed by atoms with Crippen LogP contribution in [0.5, 0.6) is 5.75 Å². The fraction of sp³-hybridized carbons (Fsp3) is 0.148. The molecule has 0 radical (unpaired) electrons. The Morgan fingerprint density at radius 2 is 1.62 bits per heavy atom. The summed E-state index contributed by atoms with van der Waals surface area (Å²) in [6, 6.07) is 28.2. The summed E-state index contributed by atoms with van der Waals surface area (Å²) in [4.78, 5) is 4.64. The van der Waals surface area contributed by atoms with Crippen LogP contribution in [0.2, 0.25) is 0 Å². The zero-order valence-electron chi connectivity index (χ0n) is 18.8. The smallest absolute Gasteiger partial charge is 0.226 e. The molecule has 34 heavy (non-hydrogen) atoms. The Hall–Kier alpha value is -3.84. The molecule has 0 saturated carbocycles. The number of aromatic nitrogens is 4. The predicted molar refractivity (Wildman–Crippen MR) is 133 cm³/mol. The van der Waals surface area contributed by atoms with Gasteiger partial charge in [0.05, 0.1) is 12.3 Å². The third kappa shape index (κ3) is 5.05. The highest BCUT2D eigenvalue weighted by Gasteiger charge is 2.16. The number of rotatable bonds is 9. The van der Waals surface area contributed by atoms with Gasteiger partial charge in [0.2, 0.25) is 5.89 Å². The van der Waals surface area contributed by atoms with Crippen LogP contribution in [-0.4, -0.2) is 26.4 Å². The number of ether oxygens (including phenoxy) is 1. The first kappa shape index (κ1) is 22.0. The molecule has 5 aromatic rings. The van der Waals surface area contributed by atoms with Gasteiger partial charge in [0.25, 0.3) is 0 Å².